The summed E-state index contributed by atoms with van der Waals surface area (Å²) in [4.78, 5) is 19.0. The van der Waals surface area contributed by atoms with E-state index >= 15 is 0 Å². The number of rotatable bonds is 4. The van der Waals surface area contributed by atoms with Gasteiger partial charge in [0.2, 0.25) is 0 Å². The number of H-pyrrole nitrogens is 1. The maximum Gasteiger partial charge on any atom is 0.251 e. The second-order valence-electron chi connectivity index (χ2n) is 10.2. The van der Waals surface area contributed by atoms with Crippen molar-refractivity contribution in [1.82, 2.24) is 15.2 Å². The fourth-order valence-corrected chi connectivity index (χ4v) is 5.89. The second-order valence-corrected chi connectivity index (χ2v) is 10.2. The van der Waals surface area contributed by atoms with E-state index < -0.39 is 0 Å². The Kier molecular flexibility index (Phi) is 5.07. The number of aromatic amines is 1. The minimum Gasteiger partial charge on any atom is -0.355 e. The van der Waals surface area contributed by atoms with Gasteiger partial charge in [-0.05, 0) is 74.7 Å². The van der Waals surface area contributed by atoms with E-state index in [1.807, 2.05) is 19.9 Å². The summed E-state index contributed by atoms with van der Waals surface area (Å²) in [5.41, 5.74) is 7.00. The molecule has 1 aliphatic carbocycles. The number of piperidine rings is 1. The van der Waals surface area contributed by atoms with E-state index in [2.05, 4.69) is 81.9 Å². The summed E-state index contributed by atoms with van der Waals surface area (Å²) in [6.45, 7) is 7.03. The number of hydrogen-bond acceptors (Lipinski definition) is 2. The van der Waals surface area contributed by atoms with Crippen molar-refractivity contribution < 1.29 is 4.79 Å². The van der Waals surface area contributed by atoms with Crippen LogP contribution in [0.3, 0.4) is 0 Å². The normalized spacial score (nSPS) is 17.4. The molecule has 1 spiro atoms. The van der Waals surface area contributed by atoms with Gasteiger partial charge in [-0.3, -0.25) is 9.69 Å². The van der Waals surface area contributed by atoms with E-state index in [-0.39, 0.29) is 17.4 Å². The molecule has 3 aromatic carbocycles. The summed E-state index contributed by atoms with van der Waals surface area (Å²) >= 11 is 0. The van der Waals surface area contributed by atoms with Crippen molar-refractivity contribution in [2.45, 2.75) is 44.7 Å². The lowest BCUT2D eigenvalue weighted by atomic mass is 9.74. The van der Waals surface area contributed by atoms with Crippen LogP contribution in [0.4, 0.5) is 0 Å². The Morgan fingerprint density at radius 3 is 2.53 bits per heavy atom. The van der Waals surface area contributed by atoms with E-state index in [0.29, 0.717) is 0 Å². The van der Waals surface area contributed by atoms with Crippen molar-refractivity contribution in [2.75, 3.05) is 13.1 Å². The summed E-state index contributed by atoms with van der Waals surface area (Å²) in [6, 6.07) is 24.0. The third kappa shape index (κ3) is 3.54. The lowest BCUT2D eigenvalue weighted by Gasteiger charge is -2.39. The molecule has 2 aliphatic rings. The van der Waals surface area contributed by atoms with Gasteiger partial charge in [0.15, 0.2) is 0 Å². The van der Waals surface area contributed by atoms with Crippen molar-refractivity contribution in [3.8, 4) is 0 Å². The maximum absolute atomic E-state index is 12.9. The molecule has 1 saturated heterocycles. The van der Waals surface area contributed by atoms with E-state index in [1.54, 1.807) is 0 Å². The smallest absolute Gasteiger partial charge is 0.251 e. The molecule has 172 valence electrons. The van der Waals surface area contributed by atoms with Crippen LogP contribution in [-0.4, -0.2) is 34.9 Å². The maximum atomic E-state index is 12.9. The number of para-hydroxylation sites is 1. The van der Waals surface area contributed by atoms with Gasteiger partial charge >= 0.3 is 0 Å². The summed E-state index contributed by atoms with van der Waals surface area (Å²) in [7, 11) is 0. The van der Waals surface area contributed by atoms with Gasteiger partial charge in [0.1, 0.15) is 0 Å². The quantitative estimate of drug-likeness (QED) is 0.415. The highest BCUT2D eigenvalue weighted by atomic mass is 16.1. The molecular formula is C30H31N3O. The predicted octanol–water partition coefficient (Wildman–Crippen LogP) is 5.78. The minimum absolute atomic E-state index is 0.0302. The topological polar surface area (TPSA) is 48.1 Å². The second kappa shape index (κ2) is 8.14. The van der Waals surface area contributed by atoms with Crippen molar-refractivity contribution in [3.05, 3.63) is 89.5 Å². The fraction of sp³-hybridized carbons (Fsp3) is 0.300. The number of nitrogens with one attached hydrogen (secondary N) is 2. The summed E-state index contributed by atoms with van der Waals surface area (Å²) < 4.78 is 0. The molecule has 4 heteroatoms. The first-order chi connectivity index (χ1) is 16.5. The number of nitrogens with zero attached hydrogens (tertiary/aromatic N) is 1. The monoisotopic (exact) mass is 449 g/mol. The number of amides is 1. The largest absolute Gasteiger partial charge is 0.355 e. The molecule has 1 fully saturated rings. The number of benzene rings is 3. The van der Waals surface area contributed by atoms with Crippen LogP contribution < -0.4 is 5.32 Å². The molecule has 2 N–H and O–H groups in total. The van der Waals surface area contributed by atoms with Gasteiger partial charge in [-0.25, -0.2) is 0 Å². The third-order valence-corrected chi connectivity index (χ3v) is 7.56. The zero-order valence-corrected chi connectivity index (χ0v) is 19.9. The van der Waals surface area contributed by atoms with Crippen LogP contribution in [0.1, 0.15) is 43.4 Å². The molecule has 2 heterocycles. The highest BCUT2D eigenvalue weighted by molar-refractivity contribution is 6.21. The Balaban J connectivity index is 1.22. The van der Waals surface area contributed by atoms with Gasteiger partial charge in [-0.1, -0.05) is 54.6 Å². The van der Waals surface area contributed by atoms with E-state index in [0.717, 1.165) is 43.6 Å². The van der Waals surface area contributed by atoms with Crippen LogP contribution in [0.5, 0.6) is 0 Å². The molecular weight excluding hydrogens is 418 g/mol. The SMILES string of the molecule is CC(C)NC(=O)C1=CC2(CCN(Cc3ccc4[nH]c5ccccc5c4c3)CC2)c2ccccc21. The molecule has 1 amide bonds. The number of carbonyl (C=O) groups is 1. The Bertz CT molecular complexity index is 1420. The van der Waals surface area contributed by atoms with Gasteiger partial charge in [0.25, 0.3) is 5.91 Å². The molecule has 0 radical (unpaired) electrons. The highest BCUT2D eigenvalue weighted by Crippen LogP contribution is 2.47. The van der Waals surface area contributed by atoms with Crippen LogP contribution in [0.15, 0.2) is 72.8 Å². The Morgan fingerprint density at radius 1 is 0.971 bits per heavy atom. The van der Waals surface area contributed by atoms with Gasteiger partial charge in [0, 0.05) is 45.4 Å². The molecule has 6 rings (SSSR count). The molecule has 0 unspecified atom stereocenters. The lowest BCUT2D eigenvalue weighted by Crippen LogP contribution is -2.40. The molecule has 1 aromatic heterocycles. The van der Waals surface area contributed by atoms with Crippen LogP contribution in [0.25, 0.3) is 27.4 Å². The average molecular weight is 450 g/mol. The Morgan fingerprint density at radius 2 is 1.71 bits per heavy atom. The average Bonchev–Trinajstić information content (AvgIpc) is 3.37. The number of fused-ring (bicyclic) bond motifs is 5. The number of likely N-dealkylation sites (tertiary alicyclic amines) is 1. The van der Waals surface area contributed by atoms with Crippen molar-refractivity contribution >= 4 is 33.3 Å². The van der Waals surface area contributed by atoms with E-state index in [1.165, 1.54) is 32.9 Å². The fourth-order valence-electron chi connectivity index (χ4n) is 5.89. The van der Waals surface area contributed by atoms with Gasteiger partial charge in [0.05, 0.1) is 0 Å². The molecule has 4 aromatic rings. The molecule has 0 bridgehead atoms. The predicted molar refractivity (Wildman–Crippen MR) is 140 cm³/mol. The van der Waals surface area contributed by atoms with Gasteiger partial charge in [-0.2, -0.15) is 0 Å². The number of hydrogen-bond donors (Lipinski definition) is 2. The molecule has 34 heavy (non-hydrogen) atoms. The first-order valence-corrected chi connectivity index (χ1v) is 12.4. The first-order valence-electron chi connectivity index (χ1n) is 12.4. The zero-order chi connectivity index (χ0) is 23.3. The summed E-state index contributed by atoms with van der Waals surface area (Å²) in [6.07, 6.45) is 4.35. The molecule has 0 atom stereocenters. The standard InChI is InChI=1S/C30H31N3O/c1-20(2)31-29(34)25-18-30(26-9-5-3-7-22(25)26)13-15-33(16-14-30)19-21-11-12-28-24(17-21)23-8-4-6-10-27(23)32-28/h3-12,17-18,20,32H,13-16,19H2,1-2H3,(H,31,34). The van der Waals surface area contributed by atoms with E-state index in [9.17, 15) is 4.79 Å². The Labute approximate surface area is 200 Å². The van der Waals surface area contributed by atoms with E-state index in [4.69, 9.17) is 0 Å². The van der Waals surface area contributed by atoms with Crippen LogP contribution in [0.2, 0.25) is 0 Å². The van der Waals surface area contributed by atoms with Gasteiger partial charge < -0.3 is 10.3 Å². The third-order valence-electron chi connectivity index (χ3n) is 7.56. The number of carbonyl (C=O) groups excluding carboxylic acids is 1. The van der Waals surface area contributed by atoms with Crippen LogP contribution in [-0.2, 0) is 16.8 Å². The Hall–Kier alpha value is -3.37. The van der Waals surface area contributed by atoms with Crippen molar-refractivity contribution in [1.29, 1.82) is 0 Å². The molecule has 0 saturated carbocycles. The van der Waals surface area contributed by atoms with Crippen molar-refractivity contribution in [3.63, 3.8) is 0 Å². The summed E-state index contributed by atoms with van der Waals surface area (Å²) in [5, 5.41) is 5.68. The molecule has 4 nitrogen and oxygen atoms in total. The highest BCUT2D eigenvalue weighted by Gasteiger charge is 2.41. The van der Waals surface area contributed by atoms with Crippen LogP contribution in [0, 0.1) is 0 Å². The van der Waals surface area contributed by atoms with Crippen LogP contribution >= 0.6 is 0 Å². The zero-order valence-electron chi connectivity index (χ0n) is 19.9. The van der Waals surface area contributed by atoms with Gasteiger partial charge in [-0.15, -0.1) is 0 Å². The lowest BCUT2D eigenvalue weighted by molar-refractivity contribution is -0.116. The molecule has 1 aliphatic heterocycles. The minimum atomic E-state index is -0.0302. The number of aromatic nitrogens is 1. The number of allylic oxidation sites excluding steroid dienone is 1. The first kappa shape index (κ1) is 21.2. The van der Waals surface area contributed by atoms with Crippen molar-refractivity contribution in [2.24, 2.45) is 0 Å². The summed E-state index contributed by atoms with van der Waals surface area (Å²) in [5.74, 6) is 0.0498.